The van der Waals surface area contributed by atoms with Crippen LogP contribution in [0.3, 0.4) is 0 Å². The Bertz CT molecular complexity index is 539. The molecule has 1 aliphatic rings. The Morgan fingerprint density at radius 2 is 1.91 bits per heavy atom. The van der Waals surface area contributed by atoms with Gasteiger partial charge in [0.1, 0.15) is 10.4 Å². The van der Waals surface area contributed by atoms with E-state index >= 15 is 0 Å². The summed E-state index contributed by atoms with van der Waals surface area (Å²) in [5.41, 5.74) is 0.587. The lowest BCUT2D eigenvalue weighted by molar-refractivity contribution is -0.0228. The number of ether oxygens (including phenoxy) is 1. The molecule has 0 saturated carbocycles. The lowest BCUT2D eigenvalue weighted by atomic mass is 9.99. The third-order valence-electron chi connectivity index (χ3n) is 3.92. The van der Waals surface area contributed by atoms with E-state index < -0.39 is 15.6 Å². The first-order chi connectivity index (χ1) is 10.1. The standard InChI is InChI=1S/C17H27NO3S/c1-13(2)18-11-15(12-21-17(3,4)5)16(22(18,19)20)14-9-7-6-8-10-14/h6-10,13,15-16H,11-12H2,1-5H3/t15-,16-/m0/s1. The zero-order chi connectivity index (χ0) is 16.5. The molecule has 1 aromatic carbocycles. The number of nitrogens with zero attached hydrogens (tertiary/aromatic N) is 1. The molecule has 1 fully saturated rings. The normalized spacial score (nSPS) is 30.1. The lowest BCUT2D eigenvalue weighted by Gasteiger charge is -2.28. The fourth-order valence-corrected chi connectivity index (χ4v) is 5.34. The largest absolute Gasteiger partial charge is 0.597 e. The van der Waals surface area contributed by atoms with E-state index in [2.05, 4.69) is 0 Å². The molecule has 0 radical (unpaired) electrons. The van der Waals surface area contributed by atoms with Crippen molar-refractivity contribution < 1.29 is 13.5 Å². The second kappa shape index (κ2) is 6.40. The fraction of sp³-hybridized carbons (Fsp3) is 0.647. The summed E-state index contributed by atoms with van der Waals surface area (Å²) in [5, 5.41) is -0.515. The van der Waals surface area contributed by atoms with Gasteiger partial charge in [-0.1, -0.05) is 34.5 Å². The van der Waals surface area contributed by atoms with E-state index in [1.54, 1.807) is 4.31 Å². The summed E-state index contributed by atoms with van der Waals surface area (Å²) in [6.45, 7) is 10.8. The van der Waals surface area contributed by atoms with Crippen LogP contribution in [0.1, 0.15) is 45.4 Å². The zero-order valence-electron chi connectivity index (χ0n) is 14.1. The molecule has 1 aliphatic heterocycles. The number of benzene rings is 1. The van der Waals surface area contributed by atoms with Gasteiger partial charge in [0.15, 0.2) is 5.25 Å². The van der Waals surface area contributed by atoms with Crippen LogP contribution in [0.25, 0.3) is 0 Å². The van der Waals surface area contributed by atoms with Crippen LogP contribution in [0, 0.1) is 5.92 Å². The van der Waals surface area contributed by atoms with Gasteiger partial charge in [-0.2, -0.15) is 0 Å². The molecule has 1 aromatic rings. The minimum Gasteiger partial charge on any atom is -0.597 e. The second-order valence-corrected chi connectivity index (χ2v) is 9.23. The van der Waals surface area contributed by atoms with Crippen LogP contribution in [0.5, 0.6) is 0 Å². The monoisotopic (exact) mass is 325 g/mol. The number of sulfonamides is 1. The van der Waals surface area contributed by atoms with Crippen molar-refractivity contribution >= 4 is 10.4 Å². The molecular weight excluding hydrogens is 298 g/mol. The van der Waals surface area contributed by atoms with Gasteiger partial charge in [-0.05, 0) is 34.6 Å². The van der Waals surface area contributed by atoms with Crippen molar-refractivity contribution in [2.45, 2.75) is 51.5 Å². The van der Waals surface area contributed by atoms with Crippen molar-refractivity contribution in [3.05, 3.63) is 35.9 Å². The van der Waals surface area contributed by atoms with Gasteiger partial charge >= 0.3 is 0 Å². The highest BCUT2D eigenvalue weighted by molar-refractivity contribution is 7.95. The molecule has 22 heavy (non-hydrogen) atoms. The molecule has 0 aromatic heterocycles. The van der Waals surface area contributed by atoms with E-state index in [1.165, 1.54) is 0 Å². The second-order valence-electron chi connectivity index (χ2n) is 7.22. The molecule has 1 unspecified atom stereocenters. The van der Waals surface area contributed by atoms with Crippen molar-refractivity contribution in [1.82, 2.24) is 4.31 Å². The summed E-state index contributed by atoms with van der Waals surface area (Å²) >= 11 is 0. The quantitative estimate of drug-likeness (QED) is 0.797. The average molecular weight is 325 g/mol. The highest BCUT2D eigenvalue weighted by atomic mass is 32.3. The van der Waals surface area contributed by atoms with Crippen LogP contribution in [-0.2, 0) is 19.3 Å². The van der Waals surface area contributed by atoms with Crippen LogP contribution >= 0.6 is 0 Å². The molecule has 4 nitrogen and oxygen atoms in total. The molecule has 124 valence electrons. The maximum Gasteiger partial charge on any atom is 0.169 e. The summed E-state index contributed by atoms with van der Waals surface area (Å²) in [6.07, 6.45) is 0. The number of hydrogen-bond acceptors (Lipinski definition) is 3. The highest BCUT2D eigenvalue weighted by Gasteiger charge is 2.52. The fourth-order valence-electron chi connectivity index (χ4n) is 2.91. The predicted octanol–water partition coefficient (Wildman–Crippen LogP) is 3.43. The Hall–Kier alpha value is -0.750. The molecule has 0 aliphatic carbocycles. The third-order valence-corrected chi connectivity index (χ3v) is 6.45. The summed E-state index contributed by atoms with van der Waals surface area (Å²) in [7, 11) is -3.34. The van der Waals surface area contributed by atoms with E-state index in [0.29, 0.717) is 13.2 Å². The molecular formula is C17H27NO3S. The molecule has 0 spiro atoms. The van der Waals surface area contributed by atoms with E-state index in [1.807, 2.05) is 65.0 Å². The van der Waals surface area contributed by atoms with Crippen LogP contribution in [0.2, 0.25) is 0 Å². The Labute approximate surface area is 135 Å². The summed E-state index contributed by atoms with van der Waals surface area (Å²) in [6, 6.07) is 9.46. The smallest absolute Gasteiger partial charge is 0.169 e. The molecule has 2 rings (SSSR count). The van der Waals surface area contributed by atoms with Gasteiger partial charge in [-0.15, -0.1) is 4.31 Å². The summed E-state index contributed by atoms with van der Waals surface area (Å²) in [5.74, 6) is -0.0472. The third kappa shape index (κ3) is 3.77. The van der Waals surface area contributed by atoms with Gasteiger partial charge in [0.2, 0.25) is 0 Å². The first-order valence-corrected chi connectivity index (χ1v) is 9.33. The Morgan fingerprint density at radius 1 is 1.32 bits per heavy atom. The number of hydrogen-bond donors (Lipinski definition) is 0. The maximum absolute atomic E-state index is 12.9. The first kappa shape index (κ1) is 17.6. The zero-order valence-corrected chi connectivity index (χ0v) is 14.9. The predicted molar refractivity (Wildman–Crippen MR) is 89.0 cm³/mol. The SMILES string of the molecule is CC(C)N1C[C@@H](COC(C)(C)C)[C@H](c2ccccc2)[S+]1(=O)[O-]. The minimum atomic E-state index is -3.34. The molecule has 1 heterocycles. The Morgan fingerprint density at radius 3 is 2.41 bits per heavy atom. The average Bonchev–Trinajstić information content (AvgIpc) is 2.67. The molecule has 3 atom stereocenters. The summed E-state index contributed by atoms with van der Waals surface area (Å²) < 4.78 is 33.4. The van der Waals surface area contributed by atoms with Gasteiger partial charge in [0.05, 0.1) is 24.7 Å². The van der Waals surface area contributed by atoms with E-state index in [-0.39, 0.29) is 17.6 Å². The van der Waals surface area contributed by atoms with Gasteiger partial charge < -0.3 is 9.29 Å². The Balaban J connectivity index is 2.32. The van der Waals surface area contributed by atoms with E-state index in [0.717, 1.165) is 5.56 Å². The van der Waals surface area contributed by atoms with Gasteiger partial charge in [0, 0.05) is 11.6 Å². The summed E-state index contributed by atoms with van der Waals surface area (Å²) in [4.78, 5) is 0. The van der Waals surface area contributed by atoms with Crippen LogP contribution < -0.4 is 0 Å². The molecule has 0 amide bonds. The Kier molecular flexibility index (Phi) is 5.12. The van der Waals surface area contributed by atoms with Crippen LogP contribution in [-0.4, -0.2) is 33.7 Å². The van der Waals surface area contributed by atoms with Gasteiger partial charge in [0.25, 0.3) is 0 Å². The lowest BCUT2D eigenvalue weighted by Crippen LogP contribution is -2.37. The molecule has 0 bridgehead atoms. The van der Waals surface area contributed by atoms with E-state index in [4.69, 9.17) is 4.74 Å². The minimum absolute atomic E-state index is 0.0316. The van der Waals surface area contributed by atoms with Crippen molar-refractivity contribution in [3.8, 4) is 0 Å². The maximum atomic E-state index is 12.9. The van der Waals surface area contributed by atoms with E-state index in [9.17, 15) is 8.76 Å². The number of rotatable bonds is 4. The van der Waals surface area contributed by atoms with Crippen molar-refractivity contribution in [2.75, 3.05) is 13.2 Å². The van der Waals surface area contributed by atoms with Crippen molar-refractivity contribution in [2.24, 2.45) is 5.92 Å². The van der Waals surface area contributed by atoms with Crippen molar-refractivity contribution in [1.29, 1.82) is 0 Å². The van der Waals surface area contributed by atoms with Crippen molar-refractivity contribution in [3.63, 3.8) is 0 Å². The van der Waals surface area contributed by atoms with Gasteiger partial charge in [-0.25, -0.2) is 0 Å². The van der Waals surface area contributed by atoms with Crippen LogP contribution in [0.15, 0.2) is 30.3 Å². The molecule has 5 heteroatoms. The van der Waals surface area contributed by atoms with Crippen LogP contribution in [0.4, 0.5) is 0 Å². The molecule has 0 N–H and O–H groups in total. The van der Waals surface area contributed by atoms with Gasteiger partial charge in [-0.3, -0.25) is 0 Å². The molecule has 1 saturated heterocycles. The highest BCUT2D eigenvalue weighted by Crippen LogP contribution is 2.44. The first-order valence-electron chi connectivity index (χ1n) is 7.82. The topological polar surface area (TPSA) is 52.6 Å².